The van der Waals surface area contributed by atoms with Crippen LogP contribution in [0.2, 0.25) is 0 Å². The minimum absolute atomic E-state index is 0.214. The molecule has 6 nitrogen and oxygen atoms in total. The van der Waals surface area contributed by atoms with E-state index in [-0.39, 0.29) is 18.4 Å². The molecule has 30 heavy (non-hydrogen) atoms. The van der Waals surface area contributed by atoms with Gasteiger partial charge in [0.15, 0.2) is 6.61 Å². The number of anilines is 1. The van der Waals surface area contributed by atoms with Crippen molar-refractivity contribution in [3.05, 3.63) is 65.7 Å². The molecule has 0 radical (unpaired) electrons. The first-order valence-electron chi connectivity index (χ1n) is 9.44. The maximum Gasteiger partial charge on any atom is 0.315 e. The van der Waals surface area contributed by atoms with Crippen LogP contribution in [0.25, 0.3) is 0 Å². The fourth-order valence-electron chi connectivity index (χ4n) is 2.99. The second kappa shape index (κ2) is 8.66. The normalized spacial score (nSPS) is 20.0. The summed E-state index contributed by atoms with van der Waals surface area (Å²) in [6, 6.07) is 15.9. The van der Waals surface area contributed by atoms with Crippen LogP contribution >= 0.6 is 23.2 Å². The van der Waals surface area contributed by atoms with Crippen LogP contribution in [0.4, 0.5) is 5.69 Å². The molecule has 0 aliphatic heterocycles. The summed E-state index contributed by atoms with van der Waals surface area (Å²) >= 11 is 11.9. The second-order valence-electron chi connectivity index (χ2n) is 7.49. The van der Waals surface area contributed by atoms with E-state index in [1.807, 2.05) is 37.3 Å². The molecule has 2 atom stereocenters. The third-order valence-electron chi connectivity index (χ3n) is 5.14. The zero-order chi connectivity index (χ0) is 21.9. The fraction of sp³-hybridized carbons (Fsp3) is 0.318. The quantitative estimate of drug-likeness (QED) is 0.489. The van der Waals surface area contributed by atoms with Gasteiger partial charge in [-0.25, -0.2) is 0 Å². The van der Waals surface area contributed by atoms with Gasteiger partial charge in [0.2, 0.25) is 0 Å². The van der Waals surface area contributed by atoms with Crippen LogP contribution in [-0.4, -0.2) is 28.7 Å². The number of ether oxygens (including phenoxy) is 1. The van der Waals surface area contributed by atoms with Crippen molar-refractivity contribution in [1.29, 1.82) is 0 Å². The Bertz CT molecular complexity index is 965. The minimum atomic E-state index is -1.17. The minimum Gasteiger partial charge on any atom is -0.455 e. The number of hydrogen-bond acceptors (Lipinski definition) is 4. The van der Waals surface area contributed by atoms with E-state index in [1.54, 1.807) is 31.2 Å². The van der Waals surface area contributed by atoms with E-state index < -0.39 is 28.2 Å². The molecule has 0 heterocycles. The summed E-state index contributed by atoms with van der Waals surface area (Å²) in [5.74, 6) is -1.54. The number of para-hydroxylation sites is 1. The van der Waals surface area contributed by atoms with Crippen molar-refractivity contribution in [1.82, 2.24) is 5.32 Å². The lowest BCUT2D eigenvalue weighted by atomic mass is 10.1. The Balaban J connectivity index is 1.60. The third kappa shape index (κ3) is 4.77. The van der Waals surface area contributed by atoms with E-state index in [1.165, 1.54) is 0 Å². The van der Waals surface area contributed by atoms with Crippen molar-refractivity contribution in [2.75, 3.05) is 11.9 Å². The SMILES string of the molecule is C[C@H](NC(=O)c1ccccc1NC(=O)COC(=O)[C@]1(C)CC1(Cl)Cl)c1ccccc1. The van der Waals surface area contributed by atoms with Gasteiger partial charge in [0, 0.05) is 6.42 Å². The summed E-state index contributed by atoms with van der Waals surface area (Å²) in [5, 5.41) is 5.52. The Kier molecular flexibility index (Phi) is 6.38. The van der Waals surface area contributed by atoms with Crippen molar-refractivity contribution in [3.8, 4) is 0 Å². The molecular weight excluding hydrogens is 427 g/mol. The molecule has 2 N–H and O–H groups in total. The van der Waals surface area contributed by atoms with Crippen molar-refractivity contribution in [2.24, 2.45) is 5.41 Å². The van der Waals surface area contributed by atoms with Crippen molar-refractivity contribution in [3.63, 3.8) is 0 Å². The molecule has 0 bridgehead atoms. The first-order chi connectivity index (χ1) is 14.1. The summed E-state index contributed by atoms with van der Waals surface area (Å²) < 4.78 is 3.87. The van der Waals surface area contributed by atoms with E-state index in [4.69, 9.17) is 27.9 Å². The highest BCUT2D eigenvalue weighted by Gasteiger charge is 2.69. The molecule has 2 amide bonds. The van der Waals surface area contributed by atoms with Crippen LogP contribution in [0.5, 0.6) is 0 Å². The lowest BCUT2D eigenvalue weighted by molar-refractivity contribution is -0.152. The van der Waals surface area contributed by atoms with Gasteiger partial charge in [0.25, 0.3) is 11.8 Å². The van der Waals surface area contributed by atoms with Crippen molar-refractivity contribution in [2.45, 2.75) is 30.6 Å². The molecule has 1 aliphatic rings. The number of hydrogen-bond donors (Lipinski definition) is 2. The van der Waals surface area contributed by atoms with Crippen molar-refractivity contribution < 1.29 is 19.1 Å². The zero-order valence-corrected chi connectivity index (χ0v) is 18.1. The van der Waals surface area contributed by atoms with Gasteiger partial charge in [0.1, 0.15) is 9.75 Å². The molecule has 1 fully saturated rings. The second-order valence-corrected chi connectivity index (χ2v) is 8.97. The Hall–Kier alpha value is -2.57. The van der Waals surface area contributed by atoms with Crippen LogP contribution in [-0.2, 0) is 14.3 Å². The Morgan fingerprint density at radius 2 is 1.67 bits per heavy atom. The lowest BCUT2D eigenvalue weighted by Crippen LogP contribution is -2.29. The van der Waals surface area contributed by atoms with Gasteiger partial charge < -0.3 is 15.4 Å². The molecule has 3 rings (SSSR count). The molecule has 1 saturated carbocycles. The molecule has 1 aliphatic carbocycles. The largest absolute Gasteiger partial charge is 0.455 e. The first-order valence-corrected chi connectivity index (χ1v) is 10.2. The molecule has 2 aromatic rings. The van der Waals surface area contributed by atoms with E-state index in [2.05, 4.69) is 10.6 Å². The van der Waals surface area contributed by atoms with Crippen molar-refractivity contribution >= 4 is 46.7 Å². The molecule has 0 unspecified atom stereocenters. The number of carbonyl (C=O) groups is 3. The fourth-order valence-corrected chi connectivity index (χ4v) is 3.68. The van der Waals surface area contributed by atoms with Gasteiger partial charge in [-0.15, -0.1) is 23.2 Å². The van der Waals surface area contributed by atoms with E-state index in [0.717, 1.165) is 5.56 Å². The van der Waals surface area contributed by atoms with Crippen LogP contribution in [0, 0.1) is 5.41 Å². The number of nitrogens with one attached hydrogen (secondary N) is 2. The maximum absolute atomic E-state index is 12.7. The van der Waals surface area contributed by atoms with E-state index in [0.29, 0.717) is 11.3 Å². The predicted octanol–water partition coefficient (Wildman–Crippen LogP) is 4.24. The molecule has 0 aromatic heterocycles. The summed E-state index contributed by atoms with van der Waals surface area (Å²) in [5.41, 5.74) is 0.567. The Labute approximate surface area is 184 Å². The molecule has 2 aromatic carbocycles. The molecule has 8 heteroatoms. The number of rotatable bonds is 7. The average molecular weight is 449 g/mol. The Morgan fingerprint density at radius 3 is 2.30 bits per heavy atom. The van der Waals surface area contributed by atoms with Gasteiger partial charge in [-0.3, -0.25) is 14.4 Å². The highest BCUT2D eigenvalue weighted by molar-refractivity contribution is 6.53. The van der Waals surface area contributed by atoms with Crippen LogP contribution in [0.3, 0.4) is 0 Å². The number of benzene rings is 2. The highest BCUT2D eigenvalue weighted by Crippen LogP contribution is 2.64. The number of carbonyl (C=O) groups excluding carboxylic acids is 3. The van der Waals surface area contributed by atoms with E-state index >= 15 is 0 Å². The Morgan fingerprint density at radius 1 is 1.07 bits per heavy atom. The molecule has 158 valence electrons. The number of amides is 2. The summed E-state index contributed by atoms with van der Waals surface area (Å²) in [4.78, 5) is 37.1. The predicted molar refractivity (Wildman–Crippen MR) is 116 cm³/mol. The van der Waals surface area contributed by atoms with Crippen LogP contribution < -0.4 is 10.6 Å². The molecule has 0 saturated heterocycles. The van der Waals surface area contributed by atoms with Crippen LogP contribution in [0.15, 0.2) is 54.6 Å². The number of halogens is 2. The van der Waals surface area contributed by atoms with E-state index in [9.17, 15) is 14.4 Å². The number of esters is 1. The van der Waals surface area contributed by atoms with Gasteiger partial charge >= 0.3 is 5.97 Å². The third-order valence-corrected chi connectivity index (χ3v) is 6.24. The highest BCUT2D eigenvalue weighted by atomic mass is 35.5. The monoisotopic (exact) mass is 448 g/mol. The first kappa shape index (κ1) is 22.1. The van der Waals surface area contributed by atoms with Gasteiger partial charge in [-0.1, -0.05) is 42.5 Å². The summed E-state index contributed by atoms with van der Waals surface area (Å²) in [6.07, 6.45) is 0.270. The maximum atomic E-state index is 12.7. The number of alkyl halides is 2. The summed E-state index contributed by atoms with van der Waals surface area (Å²) in [6.45, 7) is 2.95. The van der Waals surface area contributed by atoms with Gasteiger partial charge in [0.05, 0.1) is 17.3 Å². The molecule has 0 spiro atoms. The standard InChI is InChI=1S/C22H22Cl2N2O4/c1-14(15-8-4-3-5-9-15)25-19(28)16-10-6-7-11-17(16)26-18(27)12-30-20(29)21(2)13-22(21,23)24/h3-11,14H,12-13H2,1-2H3,(H,25,28)(H,26,27)/t14-,21-/m0/s1. The molecular formula is C22H22Cl2N2O4. The van der Waals surface area contributed by atoms with Crippen LogP contribution in [0.1, 0.15) is 42.2 Å². The lowest BCUT2D eigenvalue weighted by Gasteiger charge is -2.16. The zero-order valence-electron chi connectivity index (χ0n) is 16.6. The summed E-state index contributed by atoms with van der Waals surface area (Å²) in [7, 11) is 0. The average Bonchev–Trinajstić information content (AvgIpc) is 3.25. The van der Waals surface area contributed by atoms with Gasteiger partial charge in [-0.05, 0) is 31.5 Å². The van der Waals surface area contributed by atoms with Gasteiger partial charge in [-0.2, -0.15) is 0 Å². The smallest absolute Gasteiger partial charge is 0.315 e. The topological polar surface area (TPSA) is 84.5 Å².